The Balaban J connectivity index is 2.71. The molecule has 0 aliphatic heterocycles. The van der Waals surface area contributed by atoms with Gasteiger partial charge in [-0.1, -0.05) is 19.9 Å². The number of halogens is 2. The maximum Gasteiger partial charge on any atom is 0.328 e. The van der Waals surface area contributed by atoms with Crippen LogP contribution in [-0.2, 0) is 20.7 Å². The van der Waals surface area contributed by atoms with Gasteiger partial charge in [-0.25, -0.2) is 13.6 Å². The van der Waals surface area contributed by atoms with Crippen LogP contribution in [0.5, 0.6) is 0 Å². The van der Waals surface area contributed by atoms with Crippen molar-refractivity contribution in [1.29, 1.82) is 0 Å². The highest BCUT2D eigenvalue weighted by atomic mass is 19.1. The molecule has 0 spiro atoms. The monoisotopic (exact) mass is 299 g/mol. The molecular formula is C15H19F2NO3. The fraction of sp³-hybridized carbons (Fsp3) is 0.467. The molecule has 0 aliphatic carbocycles. The first-order valence-electron chi connectivity index (χ1n) is 6.64. The normalized spacial score (nSPS) is 12.1. The van der Waals surface area contributed by atoms with E-state index in [9.17, 15) is 18.4 Å². The number of carbonyl (C=O) groups is 2. The molecule has 0 fully saturated rings. The van der Waals surface area contributed by atoms with E-state index in [1.807, 2.05) is 13.8 Å². The Kier molecular flexibility index (Phi) is 6.27. The van der Waals surface area contributed by atoms with Gasteiger partial charge in [-0.3, -0.25) is 4.79 Å². The summed E-state index contributed by atoms with van der Waals surface area (Å²) < 4.78 is 30.9. The van der Waals surface area contributed by atoms with Crippen LogP contribution in [0.3, 0.4) is 0 Å². The van der Waals surface area contributed by atoms with E-state index < -0.39 is 29.6 Å². The molecule has 1 rings (SSSR count). The van der Waals surface area contributed by atoms with Gasteiger partial charge in [0.15, 0.2) is 0 Å². The third-order valence-electron chi connectivity index (χ3n) is 2.89. The number of esters is 1. The number of carbonyl (C=O) groups excluding carboxylic acids is 2. The van der Waals surface area contributed by atoms with E-state index in [1.165, 1.54) is 13.2 Å². The van der Waals surface area contributed by atoms with E-state index in [0.29, 0.717) is 12.5 Å². The van der Waals surface area contributed by atoms with Crippen molar-refractivity contribution in [2.24, 2.45) is 5.92 Å². The summed E-state index contributed by atoms with van der Waals surface area (Å²) in [4.78, 5) is 23.5. The topological polar surface area (TPSA) is 55.4 Å². The Bertz CT molecular complexity index is 518. The van der Waals surface area contributed by atoms with Gasteiger partial charge in [0.25, 0.3) is 0 Å². The molecule has 0 unspecified atom stereocenters. The van der Waals surface area contributed by atoms with E-state index in [0.717, 1.165) is 6.07 Å². The lowest BCUT2D eigenvalue weighted by molar-refractivity contribution is -0.145. The van der Waals surface area contributed by atoms with Gasteiger partial charge >= 0.3 is 5.97 Å². The average molecular weight is 299 g/mol. The van der Waals surface area contributed by atoms with Crippen molar-refractivity contribution in [2.45, 2.75) is 32.7 Å². The number of rotatable bonds is 6. The number of hydrogen-bond donors (Lipinski definition) is 1. The SMILES string of the molecule is COC(=O)[C@@H](CC(C)C)NC(=O)Cc1ccc(F)cc1F. The Morgan fingerprint density at radius 2 is 1.95 bits per heavy atom. The van der Waals surface area contributed by atoms with Crippen LogP contribution >= 0.6 is 0 Å². The minimum absolute atomic E-state index is 0.0714. The number of benzene rings is 1. The van der Waals surface area contributed by atoms with Crippen LogP contribution in [0, 0.1) is 17.6 Å². The van der Waals surface area contributed by atoms with Crippen molar-refractivity contribution in [3.8, 4) is 0 Å². The largest absolute Gasteiger partial charge is 0.467 e. The third kappa shape index (κ3) is 5.49. The molecule has 0 saturated heterocycles. The van der Waals surface area contributed by atoms with E-state index >= 15 is 0 Å². The molecule has 0 saturated carbocycles. The highest BCUT2D eigenvalue weighted by Crippen LogP contribution is 2.11. The summed E-state index contributed by atoms with van der Waals surface area (Å²) in [5.74, 6) is -2.38. The third-order valence-corrected chi connectivity index (χ3v) is 2.89. The number of ether oxygens (including phenoxy) is 1. The summed E-state index contributed by atoms with van der Waals surface area (Å²) in [5, 5.41) is 2.52. The summed E-state index contributed by atoms with van der Waals surface area (Å²) in [6.45, 7) is 3.81. The molecule has 1 atom stereocenters. The Labute approximate surface area is 122 Å². The van der Waals surface area contributed by atoms with Crippen LogP contribution in [0.25, 0.3) is 0 Å². The zero-order valence-electron chi connectivity index (χ0n) is 12.3. The first-order chi connectivity index (χ1) is 9.83. The molecule has 4 nitrogen and oxygen atoms in total. The number of methoxy groups -OCH3 is 1. The molecule has 116 valence electrons. The lowest BCUT2D eigenvalue weighted by Crippen LogP contribution is -2.43. The van der Waals surface area contributed by atoms with Crippen molar-refractivity contribution < 1.29 is 23.1 Å². The van der Waals surface area contributed by atoms with Crippen molar-refractivity contribution in [3.63, 3.8) is 0 Å². The zero-order valence-corrected chi connectivity index (χ0v) is 12.3. The van der Waals surface area contributed by atoms with Gasteiger partial charge in [-0.2, -0.15) is 0 Å². The smallest absolute Gasteiger partial charge is 0.328 e. The molecule has 0 radical (unpaired) electrons. The van der Waals surface area contributed by atoms with E-state index in [1.54, 1.807) is 0 Å². The number of hydrogen-bond acceptors (Lipinski definition) is 3. The second kappa shape index (κ2) is 7.71. The Morgan fingerprint density at radius 1 is 1.29 bits per heavy atom. The fourth-order valence-electron chi connectivity index (χ4n) is 1.91. The highest BCUT2D eigenvalue weighted by Gasteiger charge is 2.23. The first-order valence-corrected chi connectivity index (χ1v) is 6.64. The van der Waals surface area contributed by atoms with Crippen LogP contribution in [0.15, 0.2) is 18.2 Å². The van der Waals surface area contributed by atoms with Crippen molar-refractivity contribution in [2.75, 3.05) is 7.11 Å². The fourth-order valence-corrected chi connectivity index (χ4v) is 1.91. The van der Waals surface area contributed by atoms with Crippen LogP contribution < -0.4 is 5.32 Å². The second-order valence-electron chi connectivity index (χ2n) is 5.19. The predicted molar refractivity (Wildman–Crippen MR) is 73.5 cm³/mol. The lowest BCUT2D eigenvalue weighted by atomic mass is 10.0. The Morgan fingerprint density at radius 3 is 2.48 bits per heavy atom. The molecule has 6 heteroatoms. The van der Waals surface area contributed by atoms with Crippen LogP contribution in [0.2, 0.25) is 0 Å². The average Bonchev–Trinajstić information content (AvgIpc) is 2.39. The first kappa shape index (κ1) is 17.1. The van der Waals surface area contributed by atoms with E-state index in [2.05, 4.69) is 10.1 Å². The molecule has 0 bridgehead atoms. The van der Waals surface area contributed by atoms with Gasteiger partial charge in [-0.05, 0) is 24.0 Å². The molecule has 1 N–H and O–H groups in total. The van der Waals surface area contributed by atoms with Crippen molar-refractivity contribution in [3.05, 3.63) is 35.4 Å². The number of nitrogens with one attached hydrogen (secondary N) is 1. The van der Waals surface area contributed by atoms with Gasteiger partial charge in [0.2, 0.25) is 5.91 Å². The van der Waals surface area contributed by atoms with E-state index in [-0.39, 0.29) is 17.9 Å². The number of amides is 1. The molecular weight excluding hydrogens is 280 g/mol. The van der Waals surface area contributed by atoms with Crippen LogP contribution in [-0.4, -0.2) is 25.0 Å². The summed E-state index contributed by atoms with van der Waals surface area (Å²) >= 11 is 0. The highest BCUT2D eigenvalue weighted by molar-refractivity contribution is 5.85. The summed E-state index contributed by atoms with van der Waals surface area (Å²) in [7, 11) is 1.24. The molecule has 21 heavy (non-hydrogen) atoms. The zero-order chi connectivity index (χ0) is 16.0. The van der Waals surface area contributed by atoms with Gasteiger partial charge in [0, 0.05) is 6.07 Å². The molecule has 0 aromatic heterocycles. The maximum absolute atomic E-state index is 13.5. The van der Waals surface area contributed by atoms with Gasteiger partial charge in [-0.15, -0.1) is 0 Å². The summed E-state index contributed by atoms with van der Waals surface area (Å²) in [5.41, 5.74) is 0.0714. The molecule has 1 aromatic carbocycles. The maximum atomic E-state index is 13.5. The summed E-state index contributed by atoms with van der Waals surface area (Å²) in [6, 6.07) is 2.23. The van der Waals surface area contributed by atoms with Gasteiger partial charge < -0.3 is 10.1 Å². The molecule has 0 aliphatic rings. The molecule has 0 heterocycles. The molecule has 1 aromatic rings. The van der Waals surface area contributed by atoms with E-state index in [4.69, 9.17) is 0 Å². The Hall–Kier alpha value is -1.98. The lowest BCUT2D eigenvalue weighted by Gasteiger charge is -2.18. The van der Waals surface area contributed by atoms with Gasteiger partial charge in [0.1, 0.15) is 17.7 Å². The standard InChI is InChI=1S/C15H19F2NO3/c1-9(2)6-13(15(20)21-3)18-14(19)7-10-4-5-11(16)8-12(10)17/h4-5,8-9,13H,6-7H2,1-3H3,(H,18,19)/t13-/m1/s1. The molecule has 1 amide bonds. The van der Waals surface area contributed by atoms with Crippen molar-refractivity contribution in [1.82, 2.24) is 5.32 Å². The van der Waals surface area contributed by atoms with Gasteiger partial charge in [0.05, 0.1) is 13.5 Å². The quantitative estimate of drug-likeness (QED) is 0.819. The minimum Gasteiger partial charge on any atom is -0.467 e. The van der Waals surface area contributed by atoms with Crippen molar-refractivity contribution >= 4 is 11.9 Å². The van der Waals surface area contributed by atoms with Crippen LogP contribution in [0.4, 0.5) is 8.78 Å². The van der Waals surface area contributed by atoms with Crippen LogP contribution in [0.1, 0.15) is 25.8 Å². The predicted octanol–water partition coefficient (Wildman–Crippen LogP) is 2.21. The second-order valence-corrected chi connectivity index (χ2v) is 5.19. The summed E-state index contributed by atoms with van der Waals surface area (Å²) in [6.07, 6.45) is 0.155. The minimum atomic E-state index is -0.788.